The van der Waals surface area contributed by atoms with E-state index in [0.717, 1.165) is 17.7 Å². The maximum atomic E-state index is 12.6. The van der Waals surface area contributed by atoms with Gasteiger partial charge in [-0.25, -0.2) is 13.2 Å². The number of carbonyl (C=O) groups excluding carboxylic acids is 1. The Morgan fingerprint density at radius 2 is 1.76 bits per heavy atom. The van der Waals surface area contributed by atoms with Gasteiger partial charge in [0.05, 0.1) is 28.5 Å². The van der Waals surface area contributed by atoms with Crippen LogP contribution >= 0.6 is 0 Å². The quantitative estimate of drug-likeness (QED) is 0.349. The van der Waals surface area contributed by atoms with Gasteiger partial charge in [0.25, 0.3) is 5.69 Å². The van der Waals surface area contributed by atoms with E-state index in [0.29, 0.717) is 12.1 Å². The number of methoxy groups -OCH3 is 1. The summed E-state index contributed by atoms with van der Waals surface area (Å²) in [5.74, 6) is -0.460. The Kier molecular flexibility index (Phi) is 4.27. The summed E-state index contributed by atoms with van der Waals surface area (Å²) in [6.45, 7) is 0.316. The fourth-order valence-corrected chi connectivity index (χ4v) is 4.04. The maximum Gasteiger partial charge on any atom is 0.337 e. The first-order valence-electron chi connectivity index (χ1n) is 7.29. The van der Waals surface area contributed by atoms with Crippen molar-refractivity contribution in [1.82, 2.24) is 4.31 Å². The molecule has 0 amide bonds. The second-order valence-corrected chi connectivity index (χ2v) is 7.35. The van der Waals surface area contributed by atoms with Gasteiger partial charge in [-0.05, 0) is 29.8 Å². The highest BCUT2D eigenvalue weighted by Crippen LogP contribution is 2.40. The van der Waals surface area contributed by atoms with Gasteiger partial charge in [-0.3, -0.25) is 10.1 Å². The van der Waals surface area contributed by atoms with E-state index in [2.05, 4.69) is 4.74 Å². The van der Waals surface area contributed by atoms with Crippen molar-refractivity contribution in [3.63, 3.8) is 0 Å². The fraction of sp³-hybridized carbons (Fsp3) is 0.188. The van der Waals surface area contributed by atoms with Crippen LogP contribution in [0.5, 0.6) is 0 Å². The molecule has 0 N–H and O–H groups in total. The molecule has 130 valence electrons. The molecule has 2 unspecified atom stereocenters. The number of nitro benzene ring substituents is 1. The number of rotatable bonds is 5. The molecule has 3 rings (SSSR count). The molecule has 0 bridgehead atoms. The SMILES string of the molecule is COC(=O)c1ccc(C2CN2S(=O)(=O)c2ccc([N+](=O)[O-])cc2)cc1. The maximum absolute atomic E-state index is 12.6. The first kappa shape index (κ1) is 17.1. The van der Waals surface area contributed by atoms with Crippen molar-refractivity contribution < 1.29 is 22.9 Å². The first-order chi connectivity index (χ1) is 11.8. The summed E-state index contributed by atoms with van der Waals surface area (Å²) in [7, 11) is -2.43. The molecule has 9 heteroatoms. The molecule has 25 heavy (non-hydrogen) atoms. The first-order valence-corrected chi connectivity index (χ1v) is 8.73. The molecule has 1 aliphatic heterocycles. The molecule has 1 aliphatic rings. The van der Waals surface area contributed by atoms with Crippen LogP contribution in [0.15, 0.2) is 53.4 Å². The summed E-state index contributed by atoms with van der Waals surface area (Å²) < 4.78 is 31.0. The van der Waals surface area contributed by atoms with Crippen LogP contribution in [0.1, 0.15) is 22.0 Å². The zero-order chi connectivity index (χ0) is 18.2. The van der Waals surface area contributed by atoms with Gasteiger partial charge in [-0.1, -0.05) is 12.1 Å². The monoisotopic (exact) mass is 362 g/mol. The van der Waals surface area contributed by atoms with Crippen molar-refractivity contribution in [2.24, 2.45) is 0 Å². The third kappa shape index (κ3) is 3.24. The topological polar surface area (TPSA) is 107 Å². The highest BCUT2D eigenvalue weighted by atomic mass is 32.2. The van der Waals surface area contributed by atoms with Crippen molar-refractivity contribution in [3.8, 4) is 0 Å². The summed E-state index contributed by atoms with van der Waals surface area (Å²) in [6, 6.07) is 11.0. The Balaban J connectivity index is 1.77. The largest absolute Gasteiger partial charge is 0.465 e. The standard InChI is InChI=1S/C16H14N2O6S/c1-24-16(19)12-4-2-11(3-5-12)15-10-17(15)25(22,23)14-8-6-13(7-9-14)18(20)21/h2-9,15H,10H2,1H3. The second-order valence-electron chi connectivity index (χ2n) is 5.46. The molecular weight excluding hydrogens is 348 g/mol. The zero-order valence-electron chi connectivity index (χ0n) is 13.2. The number of sulfonamides is 1. The number of esters is 1. The number of nitrogens with zero attached hydrogens (tertiary/aromatic N) is 2. The smallest absolute Gasteiger partial charge is 0.337 e. The number of hydrogen-bond donors (Lipinski definition) is 0. The van der Waals surface area contributed by atoms with E-state index < -0.39 is 20.9 Å². The van der Waals surface area contributed by atoms with Gasteiger partial charge >= 0.3 is 5.97 Å². The molecule has 1 fully saturated rings. The third-order valence-electron chi connectivity index (χ3n) is 3.94. The fourth-order valence-electron chi connectivity index (χ4n) is 2.50. The highest BCUT2D eigenvalue weighted by molar-refractivity contribution is 7.89. The van der Waals surface area contributed by atoms with E-state index in [4.69, 9.17) is 0 Å². The predicted octanol–water partition coefficient (Wildman–Crippen LogP) is 2.13. The molecular formula is C16H14N2O6S. The number of benzene rings is 2. The molecule has 1 saturated heterocycles. The van der Waals surface area contributed by atoms with Gasteiger partial charge < -0.3 is 4.74 Å². The Morgan fingerprint density at radius 1 is 1.16 bits per heavy atom. The lowest BCUT2D eigenvalue weighted by Gasteiger charge is -2.07. The van der Waals surface area contributed by atoms with Crippen molar-refractivity contribution in [3.05, 3.63) is 69.8 Å². The van der Waals surface area contributed by atoms with E-state index in [1.165, 1.54) is 23.5 Å². The van der Waals surface area contributed by atoms with Crippen LogP contribution in [0.2, 0.25) is 0 Å². The van der Waals surface area contributed by atoms with Crippen molar-refractivity contribution >= 4 is 21.7 Å². The number of non-ortho nitro benzene ring substituents is 1. The molecule has 0 saturated carbocycles. The Bertz CT molecular complexity index is 922. The van der Waals surface area contributed by atoms with Crippen molar-refractivity contribution in [1.29, 1.82) is 0 Å². The number of ether oxygens (including phenoxy) is 1. The van der Waals surface area contributed by atoms with E-state index in [1.807, 2.05) is 0 Å². The van der Waals surface area contributed by atoms with E-state index in [9.17, 15) is 23.3 Å². The minimum absolute atomic E-state index is 0.00628. The summed E-state index contributed by atoms with van der Waals surface area (Å²) in [5.41, 5.74) is 0.981. The van der Waals surface area contributed by atoms with E-state index >= 15 is 0 Å². The van der Waals surface area contributed by atoms with Crippen LogP contribution in [0, 0.1) is 10.1 Å². The predicted molar refractivity (Wildman–Crippen MR) is 87.5 cm³/mol. The lowest BCUT2D eigenvalue weighted by Crippen LogP contribution is -2.12. The van der Waals surface area contributed by atoms with Crippen LogP contribution in [0.4, 0.5) is 5.69 Å². The average Bonchev–Trinajstić information content (AvgIpc) is 3.43. The Hall–Kier alpha value is -2.78. The van der Waals surface area contributed by atoms with Gasteiger partial charge in [0.15, 0.2) is 0 Å². The lowest BCUT2D eigenvalue weighted by atomic mass is 10.1. The summed E-state index contributed by atoms with van der Waals surface area (Å²) in [6.07, 6.45) is 0. The van der Waals surface area contributed by atoms with Crippen LogP contribution in [-0.4, -0.2) is 37.3 Å². The molecule has 2 atom stereocenters. The molecule has 0 aromatic heterocycles. The molecule has 8 nitrogen and oxygen atoms in total. The molecule has 2 aromatic carbocycles. The van der Waals surface area contributed by atoms with E-state index in [1.54, 1.807) is 24.3 Å². The Morgan fingerprint density at radius 3 is 2.28 bits per heavy atom. The van der Waals surface area contributed by atoms with Crippen LogP contribution < -0.4 is 0 Å². The zero-order valence-corrected chi connectivity index (χ0v) is 14.0. The van der Waals surface area contributed by atoms with Gasteiger partial charge in [-0.2, -0.15) is 4.31 Å². The lowest BCUT2D eigenvalue weighted by molar-refractivity contribution is -0.384. The second kappa shape index (κ2) is 6.26. The van der Waals surface area contributed by atoms with Crippen molar-refractivity contribution in [2.45, 2.75) is 10.9 Å². The van der Waals surface area contributed by atoms with Gasteiger partial charge in [0.1, 0.15) is 0 Å². The average molecular weight is 362 g/mol. The van der Waals surface area contributed by atoms with Crippen LogP contribution in [-0.2, 0) is 14.8 Å². The minimum atomic E-state index is -3.72. The van der Waals surface area contributed by atoms with Gasteiger partial charge in [0, 0.05) is 18.7 Å². The minimum Gasteiger partial charge on any atom is -0.465 e. The molecule has 1 heterocycles. The third-order valence-corrected chi connectivity index (χ3v) is 5.83. The number of carbonyl (C=O) groups is 1. The van der Waals surface area contributed by atoms with Crippen LogP contribution in [0.25, 0.3) is 0 Å². The van der Waals surface area contributed by atoms with Crippen molar-refractivity contribution in [2.75, 3.05) is 13.7 Å². The number of nitro groups is 1. The molecule has 0 aliphatic carbocycles. The summed E-state index contributed by atoms with van der Waals surface area (Å²) >= 11 is 0. The molecule has 0 spiro atoms. The summed E-state index contributed by atoms with van der Waals surface area (Å²) in [4.78, 5) is 21.5. The molecule has 2 aromatic rings. The molecule has 0 radical (unpaired) electrons. The van der Waals surface area contributed by atoms with Crippen LogP contribution in [0.3, 0.4) is 0 Å². The summed E-state index contributed by atoms with van der Waals surface area (Å²) in [5, 5.41) is 10.7. The number of hydrogen-bond acceptors (Lipinski definition) is 6. The van der Waals surface area contributed by atoms with E-state index in [-0.39, 0.29) is 16.6 Å². The normalized spacial score (nSPS) is 19.2. The Labute approximate surface area is 143 Å². The van der Waals surface area contributed by atoms with Gasteiger partial charge in [0.2, 0.25) is 10.0 Å². The highest BCUT2D eigenvalue weighted by Gasteiger charge is 2.45. The van der Waals surface area contributed by atoms with Gasteiger partial charge in [-0.15, -0.1) is 0 Å².